The molecule has 0 radical (unpaired) electrons. The Balaban J connectivity index is 0.00000158. The van der Waals surface area contributed by atoms with Crippen molar-refractivity contribution in [2.75, 3.05) is 27.2 Å². The summed E-state index contributed by atoms with van der Waals surface area (Å²) in [6, 6.07) is 71.2. The van der Waals surface area contributed by atoms with Gasteiger partial charge in [0.05, 0.1) is 71.4 Å². The number of likely N-dealkylation sites (N-methyl/N-ethyl adjacent to an activating group) is 2. The van der Waals surface area contributed by atoms with Crippen LogP contribution in [0.25, 0.3) is 0 Å². The van der Waals surface area contributed by atoms with Gasteiger partial charge in [-0.3, -0.25) is 9.59 Å². The predicted molar refractivity (Wildman–Crippen MR) is 335 cm³/mol. The summed E-state index contributed by atoms with van der Waals surface area (Å²) in [4.78, 5) is 29.6. The van der Waals surface area contributed by atoms with Gasteiger partial charge in [-0.25, -0.2) is 18.3 Å². The molecule has 4 heterocycles. The van der Waals surface area contributed by atoms with Crippen LogP contribution in [0, 0.1) is 24.3 Å². The normalized spacial score (nSPS) is 10.0. The minimum Gasteiger partial charge on any atom is -0.338 e. The molecule has 89 heavy (non-hydrogen) atoms. The zero-order chi connectivity index (χ0) is 61.3. The zero-order valence-electron chi connectivity index (χ0n) is 52.4. The first kappa shape index (κ1) is 81.8. The summed E-state index contributed by atoms with van der Waals surface area (Å²) in [5.74, 6) is 2.72. The summed E-state index contributed by atoms with van der Waals surface area (Å²) in [7, 11) is 3.52. The van der Waals surface area contributed by atoms with E-state index in [0.717, 1.165) is 53.9 Å². The Morgan fingerprint density at radius 1 is 0.326 bits per heavy atom. The smallest absolute Gasteiger partial charge is 0.338 e. The third-order valence-electron chi connectivity index (χ3n) is 11.8. The van der Waals surface area contributed by atoms with Gasteiger partial charge in [-0.15, -0.1) is 48.5 Å². The minimum atomic E-state index is -0.136. The van der Waals surface area contributed by atoms with Crippen LogP contribution in [0.1, 0.15) is 82.5 Å². The molecule has 0 atom stereocenters. The molecule has 0 aliphatic heterocycles. The number of nitrogens with zero attached hydrogens (tertiary/aromatic N) is 14. The summed E-state index contributed by atoms with van der Waals surface area (Å²) in [5.41, 5.74) is 4.10. The van der Waals surface area contributed by atoms with E-state index in [-0.39, 0.29) is 96.1 Å². The summed E-state index contributed by atoms with van der Waals surface area (Å²) >= 11 is 0. The van der Waals surface area contributed by atoms with Crippen molar-refractivity contribution in [1.82, 2.24) is 9.80 Å². The number of carbonyl (C=O) groups excluding carboxylic acids is 2. The molecular weight excluding hydrogens is 1790 g/mol. The molecule has 462 valence electrons. The standard InChI is InChI=1S/C36H34N8O2.C25H22N6.4C2H6.4W/c1-41(25-27-43-23-11-9-17-33(43)39-37-31-13-5-3-6-14-31)35(45)29-19-21-30(22-20-29)36(46)42(2)26-28-44-24-12-10-18-34(44)40-38-32-15-7-4-8-16-32;1-3-12-22(13-4-1)26-28-24-16-7-9-18-30(24)20-11-21-31-19-10-8-17-25(31)29-27-23-14-5-2-6-15-23;4*1-2;;;;/h5-24H,25-28H2,1-2H3;3-10,12-19H,11,20-21H2;4*1-2H3;;;;. The molecule has 0 saturated carbocycles. The number of hydrogen-bond donors (Lipinski definition) is 0. The van der Waals surface area contributed by atoms with Crippen LogP contribution >= 0.6 is 0 Å². The minimum absolute atomic E-state index is 0. The van der Waals surface area contributed by atoms with E-state index >= 15 is 0 Å². The van der Waals surface area contributed by atoms with Crippen molar-refractivity contribution >= 4 is 57.8 Å². The van der Waals surface area contributed by atoms with E-state index in [1.165, 1.54) is 0 Å². The fourth-order valence-corrected chi connectivity index (χ4v) is 7.53. The number of amides is 2. The van der Waals surface area contributed by atoms with Crippen molar-refractivity contribution < 1.29 is 112 Å². The summed E-state index contributed by atoms with van der Waals surface area (Å²) in [6.45, 7) is 19.6. The maximum absolute atomic E-state index is 13.2. The first-order valence-corrected chi connectivity index (χ1v) is 28.9. The second-order valence-corrected chi connectivity index (χ2v) is 17.2. The molecule has 0 unspecified atom stereocenters. The Kier molecular flexibility index (Phi) is 45.6. The van der Waals surface area contributed by atoms with Gasteiger partial charge < -0.3 is 9.80 Å². The van der Waals surface area contributed by atoms with Gasteiger partial charge in [0.25, 0.3) is 11.8 Å². The Morgan fingerprint density at radius 3 is 0.787 bits per heavy atom. The van der Waals surface area contributed by atoms with Crippen LogP contribution < -0.4 is 18.3 Å². The van der Waals surface area contributed by atoms with Gasteiger partial charge in [-0.1, -0.05) is 100 Å². The molecule has 5 aromatic carbocycles. The topological polar surface area (TPSA) is 155 Å². The van der Waals surface area contributed by atoms with Crippen molar-refractivity contribution in [3.05, 3.63) is 254 Å². The summed E-state index contributed by atoms with van der Waals surface area (Å²) in [5, 5.41) is 34.8. The number of aromatic nitrogens is 4. The van der Waals surface area contributed by atoms with E-state index < -0.39 is 0 Å². The largest absolute Gasteiger partial charge is 0.350 e. The number of benzene rings is 5. The number of carbonyl (C=O) groups is 2. The van der Waals surface area contributed by atoms with Crippen molar-refractivity contribution in [2.24, 2.45) is 40.9 Å². The summed E-state index contributed by atoms with van der Waals surface area (Å²) < 4.78 is 8.09. The maximum atomic E-state index is 13.2. The van der Waals surface area contributed by atoms with Crippen molar-refractivity contribution in [3.8, 4) is 0 Å². The first-order chi connectivity index (χ1) is 41.9. The van der Waals surface area contributed by atoms with Crippen LogP contribution in [0.5, 0.6) is 0 Å². The Hall–Kier alpha value is -7.21. The number of azo groups is 4. The molecular formula is C69H80N14O2W4. The molecule has 0 aliphatic rings. The molecule has 0 spiro atoms. The van der Waals surface area contributed by atoms with E-state index in [9.17, 15) is 9.59 Å². The van der Waals surface area contributed by atoms with E-state index in [0.29, 0.717) is 48.9 Å². The van der Waals surface area contributed by atoms with Gasteiger partial charge >= 0.3 is 23.3 Å². The third-order valence-corrected chi connectivity index (χ3v) is 11.8. The average Bonchev–Trinajstić information content (AvgIpc) is 3.78. The molecule has 2 amide bonds. The second kappa shape index (κ2) is 49.6. The molecule has 0 aliphatic carbocycles. The third kappa shape index (κ3) is 29.3. The zero-order valence-corrected chi connectivity index (χ0v) is 64.2. The molecule has 16 nitrogen and oxygen atoms in total. The Morgan fingerprint density at radius 2 is 0.551 bits per heavy atom. The van der Waals surface area contributed by atoms with Crippen LogP contribution in [-0.2, 0) is 110 Å². The number of hydrogen-bond acceptors (Lipinski definition) is 10. The summed E-state index contributed by atoms with van der Waals surface area (Å²) in [6.07, 6.45) is 8.78. The second-order valence-electron chi connectivity index (χ2n) is 17.2. The van der Waals surface area contributed by atoms with Gasteiger partial charge in [0.15, 0.2) is 0 Å². The molecule has 20 heteroatoms. The molecule has 9 rings (SSSR count). The molecule has 9 aromatic rings. The van der Waals surface area contributed by atoms with Crippen molar-refractivity contribution in [2.45, 2.75) is 88.0 Å². The quantitative estimate of drug-likeness (QED) is 0.0423. The maximum Gasteiger partial charge on any atom is 0.350 e. The van der Waals surface area contributed by atoms with Gasteiger partial charge in [0, 0.05) is 163 Å². The number of rotatable bonds is 20. The molecule has 0 saturated heterocycles. The van der Waals surface area contributed by atoms with Crippen LogP contribution in [0.3, 0.4) is 0 Å². The van der Waals surface area contributed by atoms with Gasteiger partial charge in [-0.2, -0.15) is 72.8 Å². The fourth-order valence-electron chi connectivity index (χ4n) is 7.53. The Labute approximate surface area is 585 Å². The van der Waals surface area contributed by atoms with E-state index in [1.54, 1.807) is 72.4 Å². The van der Waals surface area contributed by atoms with Gasteiger partial charge in [-0.05, 0) is 48.5 Å². The van der Waals surface area contributed by atoms with E-state index in [1.807, 2.05) is 235 Å². The van der Waals surface area contributed by atoms with Crippen LogP contribution in [0.15, 0.2) is 260 Å². The van der Waals surface area contributed by atoms with Gasteiger partial charge in [0.1, 0.15) is 13.1 Å². The average molecular weight is 1870 g/mol. The van der Waals surface area contributed by atoms with E-state index in [2.05, 4.69) is 74.3 Å². The molecule has 4 aromatic heterocycles. The van der Waals surface area contributed by atoms with E-state index in [4.69, 9.17) is 0 Å². The fraction of sp³-hybridized carbons (Fsp3) is 0.246. The molecule has 0 fully saturated rings. The molecule has 0 N–H and O–H groups in total. The van der Waals surface area contributed by atoms with Crippen molar-refractivity contribution in [1.29, 1.82) is 0 Å². The van der Waals surface area contributed by atoms with Crippen LogP contribution in [0.4, 0.5) is 46.0 Å². The SMILES string of the molecule is CC.CC.CC.CC.CN(CC[n+]1ccccc1N=Nc1cc[c-]cc1)C(=O)c1ccc(C(=O)N(C)CC[n+]2ccccc2N=Nc2cc[c-]cc2)cc1.[W].[W].[W].[W].[c-]1ccc(N=Nc2cccc[n+]2CCC[n+]2ccccc2N=Nc2cc[c-]cc2)cc1. The first-order valence-electron chi connectivity index (χ1n) is 28.9. The van der Waals surface area contributed by atoms with Crippen LogP contribution in [0.2, 0.25) is 0 Å². The van der Waals surface area contributed by atoms with Crippen LogP contribution in [-0.4, -0.2) is 48.8 Å². The van der Waals surface area contributed by atoms with Crippen molar-refractivity contribution in [3.63, 3.8) is 0 Å². The number of pyridine rings is 4. The monoisotopic (exact) mass is 1870 g/mol. The predicted octanol–water partition coefficient (Wildman–Crippen LogP) is 16.1. The molecule has 0 bridgehead atoms. The number of aryl methyl sites for hydroxylation is 2. The Bertz CT molecular complexity index is 3210. The van der Waals surface area contributed by atoms with Gasteiger partial charge in [0.2, 0.25) is 0 Å².